The summed E-state index contributed by atoms with van der Waals surface area (Å²) in [5.74, 6) is -1.29. The van der Waals surface area contributed by atoms with E-state index in [0.29, 0.717) is 25.7 Å². The van der Waals surface area contributed by atoms with E-state index in [-0.39, 0.29) is 39.8 Å². The van der Waals surface area contributed by atoms with E-state index >= 15 is 0 Å². The van der Waals surface area contributed by atoms with Crippen LogP contribution in [0.3, 0.4) is 0 Å². The summed E-state index contributed by atoms with van der Waals surface area (Å²) in [5, 5.41) is 10.1. The number of rotatable bonds is 3. The first-order chi connectivity index (χ1) is 18.0. The van der Waals surface area contributed by atoms with Crippen molar-refractivity contribution in [3.8, 4) is 0 Å². The van der Waals surface area contributed by atoms with Crippen LogP contribution in [0.25, 0.3) is 0 Å². The summed E-state index contributed by atoms with van der Waals surface area (Å²) >= 11 is 0. The minimum atomic E-state index is -0.940. The minimum absolute atomic E-state index is 0.00419. The van der Waals surface area contributed by atoms with Crippen LogP contribution in [0.5, 0.6) is 0 Å². The van der Waals surface area contributed by atoms with Gasteiger partial charge >= 0.3 is 11.9 Å². The van der Waals surface area contributed by atoms with Gasteiger partial charge in [0.1, 0.15) is 11.6 Å². The third-order valence-corrected chi connectivity index (χ3v) is 13.3. The molecule has 0 unspecified atom stereocenters. The maximum Gasteiger partial charge on any atom is 0.309 e. The van der Waals surface area contributed by atoms with Crippen LogP contribution in [0.2, 0.25) is 0 Å². The lowest BCUT2D eigenvalue weighted by atomic mass is 9.34. The van der Waals surface area contributed by atoms with Crippen molar-refractivity contribution in [2.24, 2.45) is 49.8 Å². The molecule has 0 saturated heterocycles. The molecule has 0 amide bonds. The average Bonchev–Trinajstić information content (AvgIpc) is 2.83. The van der Waals surface area contributed by atoms with Crippen molar-refractivity contribution in [2.75, 3.05) is 0 Å². The zero-order chi connectivity index (χ0) is 28.8. The molecule has 0 bridgehead atoms. The fourth-order valence-corrected chi connectivity index (χ4v) is 10.6. The summed E-state index contributed by atoms with van der Waals surface area (Å²) in [6.45, 7) is 14.3. The van der Waals surface area contributed by atoms with Gasteiger partial charge in [0.2, 0.25) is 6.08 Å². The largest absolute Gasteiger partial charge is 0.481 e. The van der Waals surface area contributed by atoms with Crippen LogP contribution in [0.4, 0.5) is 0 Å². The lowest BCUT2D eigenvalue weighted by molar-refractivity contribution is -0.196. The highest BCUT2D eigenvalue weighted by atomic mass is 16.5. The van der Waals surface area contributed by atoms with Gasteiger partial charge in [0, 0.05) is 12.8 Å². The number of fused-ring (bicyclic) bond motifs is 7. The molecule has 7 nitrogen and oxygen atoms in total. The summed E-state index contributed by atoms with van der Waals surface area (Å²) in [6.07, 6.45) is 10.1. The molecule has 0 spiro atoms. The molecule has 0 aromatic heterocycles. The van der Waals surface area contributed by atoms with Crippen molar-refractivity contribution in [1.82, 2.24) is 0 Å². The number of esters is 1. The number of carboxylic acids is 1. The average molecular weight is 540 g/mol. The van der Waals surface area contributed by atoms with E-state index in [2.05, 4.69) is 32.7 Å². The van der Waals surface area contributed by atoms with E-state index in [1.54, 1.807) is 6.08 Å². The van der Waals surface area contributed by atoms with Crippen molar-refractivity contribution >= 4 is 23.8 Å². The van der Waals surface area contributed by atoms with Gasteiger partial charge in [-0.2, -0.15) is 4.99 Å². The molecule has 1 N–H and O–H groups in total. The normalized spacial score (nSPS) is 50.6. The molecule has 39 heavy (non-hydrogen) atoms. The van der Waals surface area contributed by atoms with Crippen LogP contribution in [0, 0.1) is 44.8 Å². The minimum Gasteiger partial charge on any atom is -0.481 e. The van der Waals surface area contributed by atoms with Gasteiger partial charge in [-0.05, 0) is 111 Å². The number of allylic oxidation sites excluding steroid dienone is 2. The summed E-state index contributed by atoms with van der Waals surface area (Å²) in [4.78, 5) is 54.6. The van der Waals surface area contributed by atoms with Crippen molar-refractivity contribution in [2.45, 2.75) is 118 Å². The molecule has 0 radical (unpaired) electrons. The number of aliphatic carboxylic acids is 1. The zero-order valence-corrected chi connectivity index (χ0v) is 24.7. The molecular formula is C32H45NO6. The van der Waals surface area contributed by atoms with E-state index in [9.17, 15) is 24.3 Å². The Labute approximate surface area is 232 Å². The van der Waals surface area contributed by atoms with E-state index in [1.807, 2.05) is 19.9 Å². The Morgan fingerprint density at radius 1 is 1.00 bits per heavy atom. The van der Waals surface area contributed by atoms with Crippen LogP contribution in [-0.2, 0) is 23.9 Å². The number of ether oxygens (including phenoxy) is 1. The molecule has 7 heteroatoms. The van der Waals surface area contributed by atoms with E-state index in [1.165, 1.54) is 12.5 Å². The molecule has 5 aliphatic rings. The topological polar surface area (TPSA) is 110 Å². The van der Waals surface area contributed by atoms with E-state index in [4.69, 9.17) is 4.74 Å². The Hall–Kier alpha value is -2.27. The van der Waals surface area contributed by atoms with Gasteiger partial charge in [0.15, 0.2) is 5.78 Å². The molecule has 4 fully saturated rings. The van der Waals surface area contributed by atoms with E-state index < -0.39 is 34.4 Å². The second-order valence-electron chi connectivity index (χ2n) is 15.1. The Morgan fingerprint density at radius 3 is 2.28 bits per heavy atom. The molecule has 10 atom stereocenters. The number of carboxylic acid groups (broad SMARTS) is 1. The first kappa shape index (κ1) is 28.3. The van der Waals surface area contributed by atoms with Crippen LogP contribution in [0.1, 0.15) is 106 Å². The third kappa shape index (κ3) is 3.64. The highest BCUT2D eigenvalue weighted by Crippen LogP contribution is 2.74. The van der Waals surface area contributed by atoms with Crippen LogP contribution in [-0.4, -0.2) is 40.6 Å². The van der Waals surface area contributed by atoms with Crippen molar-refractivity contribution < 1.29 is 29.0 Å². The Balaban J connectivity index is 1.61. The second kappa shape index (κ2) is 8.61. The molecule has 0 heterocycles. The van der Waals surface area contributed by atoms with Gasteiger partial charge in [0.25, 0.3) is 0 Å². The van der Waals surface area contributed by atoms with E-state index in [0.717, 1.165) is 32.1 Å². The predicted molar refractivity (Wildman–Crippen MR) is 145 cm³/mol. The number of carbonyl (C=O) groups excluding carboxylic acids is 3. The molecule has 0 aromatic rings. The van der Waals surface area contributed by atoms with Gasteiger partial charge < -0.3 is 9.84 Å². The Morgan fingerprint density at radius 2 is 1.67 bits per heavy atom. The maximum absolute atomic E-state index is 14.4. The van der Waals surface area contributed by atoms with Crippen molar-refractivity contribution in [1.29, 1.82) is 0 Å². The lowest BCUT2D eigenvalue weighted by Gasteiger charge is -2.70. The quantitative estimate of drug-likeness (QED) is 0.265. The third-order valence-electron chi connectivity index (χ3n) is 13.3. The molecule has 0 aromatic carbocycles. The number of hydrogen-bond donors (Lipinski definition) is 1. The van der Waals surface area contributed by atoms with Gasteiger partial charge in [-0.1, -0.05) is 33.3 Å². The summed E-state index contributed by atoms with van der Waals surface area (Å²) in [5.41, 5.74) is -1.50. The summed E-state index contributed by atoms with van der Waals surface area (Å²) in [6, 6.07) is 0. The molecule has 4 saturated carbocycles. The molecule has 0 aliphatic heterocycles. The number of aliphatic imine (C=N–C) groups is 1. The Kier molecular flexibility index (Phi) is 6.24. The number of carbonyl (C=O) groups is 3. The standard InChI is InChI=1S/C32H45NO6/c1-19(35)39-24-9-10-29(4)23(32(24,7)33-18-34)8-11-31(6)25(29)22(36)16-20-21-17-28(3,26(37)38)13-12-27(21,2)14-15-30(20,31)5/h16,21,23-25H,8-15,17H2,1-7H3,(H,37,38)/t21-,23+,24-,25+,27+,28-,29-,30+,31+,32-/m0/s1. The number of ketones is 1. The fraction of sp³-hybridized carbons (Fsp3) is 0.812. The molecule has 214 valence electrons. The highest BCUT2D eigenvalue weighted by Gasteiger charge is 2.71. The van der Waals surface area contributed by atoms with Gasteiger partial charge in [0.05, 0.1) is 5.41 Å². The maximum atomic E-state index is 14.4. The van der Waals surface area contributed by atoms with Crippen LogP contribution >= 0.6 is 0 Å². The Bertz CT molecular complexity index is 1200. The van der Waals surface area contributed by atoms with Crippen molar-refractivity contribution in [3.63, 3.8) is 0 Å². The predicted octanol–water partition coefficient (Wildman–Crippen LogP) is 6.05. The number of hydrogen-bond acceptors (Lipinski definition) is 6. The molecular weight excluding hydrogens is 494 g/mol. The smallest absolute Gasteiger partial charge is 0.309 e. The van der Waals surface area contributed by atoms with Crippen molar-refractivity contribution in [3.05, 3.63) is 11.6 Å². The summed E-state index contributed by atoms with van der Waals surface area (Å²) in [7, 11) is 0. The monoisotopic (exact) mass is 539 g/mol. The second-order valence-corrected chi connectivity index (χ2v) is 15.1. The van der Waals surface area contributed by atoms with Gasteiger partial charge in [-0.15, -0.1) is 0 Å². The van der Waals surface area contributed by atoms with Crippen LogP contribution < -0.4 is 0 Å². The number of isocyanates is 1. The first-order valence-electron chi connectivity index (χ1n) is 14.8. The SMILES string of the molecule is CC(=O)O[C@H]1CC[C@@]2(C)[C@@H](CC[C@]3(C)[C@@H]2C(=O)C=C2[C@@H]4C[C@@](C)(C(=O)O)CC[C@]4(C)CC[C@]23C)[C@]1(C)N=C=O. The fourth-order valence-electron chi connectivity index (χ4n) is 10.6. The first-order valence-corrected chi connectivity index (χ1v) is 14.8. The molecule has 5 rings (SSSR count). The van der Waals surface area contributed by atoms with Crippen LogP contribution in [0.15, 0.2) is 16.6 Å². The van der Waals surface area contributed by atoms with Gasteiger partial charge in [-0.25, -0.2) is 4.79 Å². The highest BCUT2D eigenvalue weighted by molar-refractivity contribution is 5.95. The summed E-state index contributed by atoms with van der Waals surface area (Å²) < 4.78 is 5.70. The lowest BCUT2D eigenvalue weighted by Crippen LogP contribution is -2.68. The zero-order valence-electron chi connectivity index (χ0n) is 24.7. The number of nitrogens with zero attached hydrogens (tertiary/aromatic N) is 1. The molecule has 5 aliphatic carbocycles. The van der Waals surface area contributed by atoms with Gasteiger partial charge in [-0.3, -0.25) is 14.4 Å².